The van der Waals surface area contributed by atoms with Crippen molar-refractivity contribution in [2.75, 3.05) is 5.73 Å². The Morgan fingerprint density at radius 2 is 1.85 bits per heavy atom. The molecule has 4 nitrogen and oxygen atoms in total. The lowest BCUT2D eigenvalue weighted by Crippen LogP contribution is -2.01. The van der Waals surface area contributed by atoms with Crippen LogP contribution in [0.25, 0.3) is 0 Å². The number of rotatable bonds is 5. The number of hydrogen-bond acceptors (Lipinski definition) is 4. The van der Waals surface area contributed by atoms with E-state index in [-0.39, 0.29) is 0 Å². The van der Waals surface area contributed by atoms with Gasteiger partial charge in [0.2, 0.25) is 5.88 Å². The highest BCUT2D eigenvalue weighted by molar-refractivity contribution is 5.46. The summed E-state index contributed by atoms with van der Waals surface area (Å²) < 4.78 is 5.82. The van der Waals surface area contributed by atoms with E-state index in [1.807, 2.05) is 19.1 Å². The standard InChI is InChI=1S/C16H21N3O/c1-4-11(3)12-6-8-13(9-7-12)20-16-14(5-2)15(17)18-10-19-16/h6-11H,4-5H2,1-3H3,(H2,17,18,19). The summed E-state index contributed by atoms with van der Waals surface area (Å²) in [5, 5.41) is 0. The summed E-state index contributed by atoms with van der Waals surface area (Å²) in [6, 6.07) is 8.14. The van der Waals surface area contributed by atoms with Crippen molar-refractivity contribution in [3.8, 4) is 11.6 Å². The number of aromatic nitrogens is 2. The number of hydrogen-bond donors (Lipinski definition) is 1. The quantitative estimate of drug-likeness (QED) is 0.895. The Kier molecular flexibility index (Phi) is 4.56. The van der Waals surface area contributed by atoms with Crippen molar-refractivity contribution in [2.24, 2.45) is 0 Å². The van der Waals surface area contributed by atoms with Crippen LogP contribution >= 0.6 is 0 Å². The van der Waals surface area contributed by atoms with E-state index in [4.69, 9.17) is 10.5 Å². The van der Waals surface area contributed by atoms with Crippen molar-refractivity contribution in [3.05, 3.63) is 41.7 Å². The van der Waals surface area contributed by atoms with Gasteiger partial charge in [0.1, 0.15) is 17.9 Å². The van der Waals surface area contributed by atoms with Crippen LogP contribution in [0.1, 0.15) is 44.2 Å². The van der Waals surface area contributed by atoms with Crippen molar-refractivity contribution in [1.29, 1.82) is 0 Å². The first-order valence-corrected chi connectivity index (χ1v) is 7.02. The van der Waals surface area contributed by atoms with Gasteiger partial charge in [-0.3, -0.25) is 0 Å². The van der Waals surface area contributed by atoms with Gasteiger partial charge in [-0.2, -0.15) is 0 Å². The zero-order valence-electron chi connectivity index (χ0n) is 12.3. The molecule has 0 bridgehead atoms. The summed E-state index contributed by atoms with van der Waals surface area (Å²) >= 11 is 0. The normalized spacial score (nSPS) is 12.2. The molecule has 1 unspecified atom stereocenters. The number of benzene rings is 1. The molecule has 0 radical (unpaired) electrons. The summed E-state index contributed by atoms with van der Waals surface area (Å²) in [4.78, 5) is 8.15. The third-order valence-corrected chi connectivity index (χ3v) is 3.57. The van der Waals surface area contributed by atoms with Gasteiger partial charge in [-0.25, -0.2) is 9.97 Å². The van der Waals surface area contributed by atoms with Gasteiger partial charge < -0.3 is 10.5 Å². The van der Waals surface area contributed by atoms with Crippen LogP contribution in [0, 0.1) is 0 Å². The third-order valence-electron chi connectivity index (χ3n) is 3.57. The molecule has 0 amide bonds. The molecular weight excluding hydrogens is 250 g/mol. The van der Waals surface area contributed by atoms with E-state index in [9.17, 15) is 0 Å². The molecule has 0 fully saturated rings. The number of anilines is 1. The fraction of sp³-hybridized carbons (Fsp3) is 0.375. The van der Waals surface area contributed by atoms with Crippen LogP contribution in [0.15, 0.2) is 30.6 Å². The van der Waals surface area contributed by atoms with Crippen molar-refractivity contribution in [1.82, 2.24) is 9.97 Å². The molecule has 1 atom stereocenters. The molecule has 1 heterocycles. The van der Waals surface area contributed by atoms with E-state index >= 15 is 0 Å². The Morgan fingerprint density at radius 1 is 1.15 bits per heavy atom. The molecule has 0 spiro atoms. The molecule has 0 aliphatic rings. The lowest BCUT2D eigenvalue weighted by Gasteiger charge is -2.12. The van der Waals surface area contributed by atoms with E-state index in [1.54, 1.807) is 0 Å². The molecule has 2 aromatic rings. The second-order valence-corrected chi connectivity index (χ2v) is 4.88. The molecule has 0 saturated carbocycles. The second-order valence-electron chi connectivity index (χ2n) is 4.88. The minimum atomic E-state index is 0.480. The lowest BCUT2D eigenvalue weighted by molar-refractivity contribution is 0.455. The minimum Gasteiger partial charge on any atom is -0.439 e. The van der Waals surface area contributed by atoms with Crippen LogP contribution in [0.2, 0.25) is 0 Å². The Balaban J connectivity index is 2.20. The van der Waals surface area contributed by atoms with Gasteiger partial charge >= 0.3 is 0 Å². The highest BCUT2D eigenvalue weighted by Crippen LogP contribution is 2.27. The molecule has 0 saturated heterocycles. The highest BCUT2D eigenvalue weighted by Gasteiger charge is 2.10. The predicted octanol–water partition coefficient (Wildman–Crippen LogP) is 3.93. The predicted molar refractivity (Wildman–Crippen MR) is 81.0 cm³/mol. The number of nitrogens with two attached hydrogens (primary N) is 1. The molecular formula is C16H21N3O. The zero-order chi connectivity index (χ0) is 14.5. The highest BCUT2D eigenvalue weighted by atomic mass is 16.5. The smallest absolute Gasteiger partial charge is 0.227 e. The fourth-order valence-electron chi connectivity index (χ4n) is 2.04. The Labute approximate surface area is 120 Å². The van der Waals surface area contributed by atoms with E-state index < -0.39 is 0 Å². The molecule has 2 N–H and O–H groups in total. The average molecular weight is 271 g/mol. The number of ether oxygens (including phenoxy) is 1. The van der Waals surface area contributed by atoms with Crippen LogP contribution in [0.3, 0.4) is 0 Å². The lowest BCUT2D eigenvalue weighted by atomic mass is 9.99. The van der Waals surface area contributed by atoms with E-state index in [0.717, 1.165) is 24.2 Å². The largest absolute Gasteiger partial charge is 0.439 e. The molecule has 0 aliphatic carbocycles. The van der Waals surface area contributed by atoms with Crippen molar-refractivity contribution in [2.45, 2.75) is 39.5 Å². The van der Waals surface area contributed by atoms with Crippen LogP contribution in [-0.2, 0) is 6.42 Å². The molecule has 0 aliphatic heterocycles. The van der Waals surface area contributed by atoms with Crippen molar-refractivity contribution >= 4 is 5.82 Å². The zero-order valence-corrected chi connectivity index (χ0v) is 12.3. The second kappa shape index (κ2) is 6.37. The molecule has 106 valence electrons. The van der Waals surface area contributed by atoms with E-state index in [2.05, 4.69) is 35.9 Å². The topological polar surface area (TPSA) is 61.0 Å². The first kappa shape index (κ1) is 14.3. The van der Waals surface area contributed by atoms with Gasteiger partial charge in [0.05, 0.1) is 5.56 Å². The summed E-state index contributed by atoms with van der Waals surface area (Å²) in [6.07, 6.45) is 3.30. The summed E-state index contributed by atoms with van der Waals surface area (Å²) in [6.45, 7) is 6.41. The summed E-state index contributed by atoms with van der Waals surface area (Å²) in [5.41, 5.74) is 8.00. The fourth-order valence-corrected chi connectivity index (χ4v) is 2.04. The van der Waals surface area contributed by atoms with Gasteiger partial charge in [-0.05, 0) is 36.5 Å². The molecule has 4 heteroatoms. The molecule has 20 heavy (non-hydrogen) atoms. The molecule has 2 rings (SSSR count). The maximum Gasteiger partial charge on any atom is 0.227 e. The van der Waals surface area contributed by atoms with Crippen LogP contribution < -0.4 is 10.5 Å². The summed E-state index contributed by atoms with van der Waals surface area (Å²) in [7, 11) is 0. The van der Waals surface area contributed by atoms with Crippen molar-refractivity contribution < 1.29 is 4.74 Å². The van der Waals surface area contributed by atoms with Crippen LogP contribution in [-0.4, -0.2) is 9.97 Å². The van der Waals surface area contributed by atoms with Gasteiger partial charge in [0, 0.05) is 0 Å². The third kappa shape index (κ3) is 3.07. The van der Waals surface area contributed by atoms with Gasteiger partial charge in [0.25, 0.3) is 0 Å². The Hall–Kier alpha value is -2.10. The Bertz CT molecular complexity index is 566. The number of nitrogens with zero attached hydrogens (tertiary/aromatic N) is 2. The average Bonchev–Trinajstić information content (AvgIpc) is 2.47. The maximum atomic E-state index is 5.84. The van der Waals surface area contributed by atoms with Gasteiger partial charge in [0.15, 0.2) is 0 Å². The summed E-state index contributed by atoms with van der Waals surface area (Å²) in [5.74, 6) is 2.35. The first-order chi connectivity index (χ1) is 9.65. The van der Waals surface area contributed by atoms with Gasteiger partial charge in [-0.15, -0.1) is 0 Å². The van der Waals surface area contributed by atoms with Crippen LogP contribution in [0.5, 0.6) is 11.6 Å². The van der Waals surface area contributed by atoms with Crippen molar-refractivity contribution in [3.63, 3.8) is 0 Å². The van der Waals surface area contributed by atoms with Crippen LogP contribution in [0.4, 0.5) is 5.82 Å². The monoisotopic (exact) mass is 271 g/mol. The Morgan fingerprint density at radius 3 is 2.45 bits per heavy atom. The first-order valence-electron chi connectivity index (χ1n) is 7.02. The van der Waals surface area contributed by atoms with E-state index in [1.165, 1.54) is 11.9 Å². The molecule has 1 aromatic heterocycles. The minimum absolute atomic E-state index is 0.480. The molecule has 1 aromatic carbocycles. The van der Waals surface area contributed by atoms with E-state index in [0.29, 0.717) is 17.6 Å². The number of nitrogen functional groups attached to an aromatic ring is 1. The maximum absolute atomic E-state index is 5.84. The van der Waals surface area contributed by atoms with Gasteiger partial charge in [-0.1, -0.05) is 32.9 Å². The SMILES string of the molecule is CCc1c(N)ncnc1Oc1ccc(C(C)CC)cc1.